The number of carboxylic acid groups (broad SMARTS) is 1. The molecule has 2 aromatic rings. The third kappa shape index (κ3) is 5.42. The van der Waals surface area contributed by atoms with Crippen molar-refractivity contribution in [2.24, 2.45) is 10.6 Å². The molecule has 0 aromatic carbocycles. The number of fused-ring (bicyclic) bond motifs is 1. The molecular formula is C21H25N9O6S2. The molecule has 0 aliphatic carbocycles. The number of anilines is 1. The van der Waals surface area contributed by atoms with Gasteiger partial charge in [-0.1, -0.05) is 29.9 Å². The summed E-state index contributed by atoms with van der Waals surface area (Å²) < 4.78 is 0. The van der Waals surface area contributed by atoms with Crippen molar-refractivity contribution < 1.29 is 29.1 Å². The van der Waals surface area contributed by atoms with Crippen LogP contribution in [0.1, 0.15) is 26.5 Å². The first-order chi connectivity index (χ1) is 18.2. The summed E-state index contributed by atoms with van der Waals surface area (Å²) in [6, 6.07) is 3.75. The Morgan fingerprint density at radius 2 is 2.18 bits per heavy atom. The number of tetrazole rings is 1. The van der Waals surface area contributed by atoms with Gasteiger partial charge in [0.15, 0.2) is 5.71 Å². The van der Waals surface area contributed by atoms with Crippen LogP contribution in [0.2, 0.25) is 0 Å². The van der Waals surface area contributed by atoms with Crippen molar-refractivity contribution in [1.29, 1.82) is 0 Å². The number of nitrogens with zero attached hydrogens (tertiary/aromatic N) is 6. The minimum Gasteiger partial charge on any atom is -0.481 e. The second-order valence-corrected chi connectivity index (χ2v) is 11.2. The largest absolute Gasteiger partial charge is 0.481 e. The van der Waals surface area contributed by atoms with Crippen LogP contribution in [0.25, 0.3) is 0 Å². The maximum absolute atomic E-state index is 13.2. The van der Waals surface area contributed by atoms with Gasteiger partial charge in [0.05, 0.1) is 0 Å². The number of pyridine rings is 1. The van der Waals surface area contributed by atoms with E-state index in [0.29, 0.717) is 11.6 Å². The summed E-state index contributed by atoms with van der Waals surface area (Å²) in [4.78, 5) is 60.4. The van der Waals surface area contributed by atoms with Crippen molar-refractivity contribution in [2.75, 3.05) is 17.6 Å². The number of amides is 3. The van der Waals surface area contributed by atoms with Gasteiger partial charge in [-0.05, 0) is 31.2 Å². The van der Waals surface area contributed by atoms with Crippen molar-refractivity contribution in [3.05, 3.63) is 23.9 Å². The fourth-order valence-electron chi connectivity index (χ4n) is 3.90. The molecule has 4 heterocycles. The highest BCUT2D eigenvalue weighted by Crippen LogP contribution is 2.47. The van der Waals surface area contributed by atoms with E-state index < -0.39 is 39.9 Å². The standard InChI is InChI=1S/C21H25N9O6S2/c1-10(2)36-27-14(12-5-4-6-13(23-12)22-9-31)16(32)24-15-17(33)30-7-21(19(34)35,8-37-18(15)30)11(3)38-20-25-28-29-26-20/h4-6,9-11,15,18H,7-8H2,1-3H3,(H,24,32)(H,34,35)(H,22,23,31)(H,25,26,28,29)/t11?,15?,18-,21?/m1/s1. The molecule has 4 atom stereocenters. The predicted octanol–water partition coefficient (Wildman–Crippen LogP) is -0.0562. The fraction of sp³-hybridized carbons (Fsp3) is 0.476. The molecule has 4 N–H and O–H groups in total. The second kappa shape index (κ2) is 11.3. The first kappa shape index (κ1) is 27.3. The molecule has 3 unspecified atom stereocenters. The zero-order valence-corrected chi connectivity index (χ0v) is 22.2. The molecule has 0 saturated carbocycles. The molecule has 2 aliphatic heterocycles. The average Bonchev–Trinajstić information content (AvgIpc) is 3.40. The number of aliphatic carboxylic acids is 1. The molecule has 2 aromatic heterocycles. The van der Waals surface area contributed by atoms with Gasteiger partial charge in [0.25, 0.3) is 5.91 Å². The van der Waals surface area contributed by atoms with Gasteiger partial charge in [0.2, 0.25) is 17.5 Å². The Balaban J connectivity index is 1.49. The Morgan fingerprint density at radius 3 is 2.84 bits per heavy atom. The molecule has 2 fully saturated rings. The minimum atomic E-state index is -1.26. The van der Waals surface area contributed by atoms with Gasteiger partial charge in [-0.15, -0.1) is 22.0 Å². The van der Waals surface area contributed by atoms with Gasteiger partial charge >= 0.3 is 5.97 Å². The van der Waals surface area contributed by atoms with Gasteiger partial charge in [-0.2, -0.15) is 5.21 Å². The normalized spacial score (nSPS) is 23.7. The Hall–Kier alpha value is -3.73. The second-order valence-electron chi connectivity index (χ2n) is 8.80. The van der Waals surface area contributed by atoms with Crippen LogP contribution in [0.3, 0.4) is 0 Å². The number of hydrogen-bond donors (Lipinski definition) is 4. The lowest BCUT2D eigenvalue weighted by Crippen LogP contribution is -2.74. The monoisotopic (exact) mass is 563 g/mol. The van der Waals surface area contributed by atoms with Crippen molar-refractivity contribution in [2.45, 2.75) is 48.7 Å². The first-order valence-electron chi connectivity index (χ1n) is 11.4. The van der Waals surface area contributed by atoms with E-state index in [0.717, 1.165) is 11.8 Å². The lowest BCUT2D eigenvalue weighted by atomic mass is 9.84. The Bertz CT molecular complexity index is 1240. The molecule has 4 rings (SSSR count). The average molecular weight is 564 g/mol. The number of nitrogens with one attached hydrogen (secondary N) is 3. The number of β-lactam (4-membered cyclic amide) rings is 1. The molecule has 2 saturated heterocycles. The molecule has 3 amide bonds. The summed E-state index contributed by atoms with van der Waals surface area (Å²) in [5.41, 5.74) is -1.30. The van der Waals surface area contributed by atoms with E-state index in [1.807, 2.05) is 0 Å². The highest BCUT2D eigenvalue weighted by molar-refractivity contribution is 8.01. The number of hydrogen-bond acceptors (Lipinski definition) is 12. The quantitative estimate of drug-likeness (QED) is 0.0933. The Morgan fingerprint density at radius 1 is 1.39 bits per heavy atom. The Kier molecular flexibility index (Phi) is 8.15. The third-order valence-electron chi connectivity index (χ3n) is 5.97. The molecule has 15 nitrogen and oxygen atoms in total. The topological polar surface area (TPSA) is 205 Å². The van der Waals surface area contributed by atoms with E-state index in [2.05, 4.69) is 41.4 Å². The summed E-state index contributed by atoms with van der Waals surface area (Å²) in [6.45, 7) is 5.18. The predicted molar refractivity (Wildman–Crippen MR) is 136 cm³/mol. The number of rotatable bonds is 11. The molecule has 0 bridgehead atoms. The third-order valence-corrected chi connectivity index (χ3v) is 8.71. The van der Waals surface area contributed by atoms with Gasteiger partial charge in [-0.25, -0.2) is 4.98 Å². The summed E-state index contributed by atoms with van der Waals surface area (Å²) >= 11 is 2.43. The number of carbonyl (C=O) groups excluding carboxylic acids is 3. The maximum Gasteiger partial charge on any atom is 0.313 e. The molecule has 2 aliphatic rings. The van der Waals surface area contributed by atoms with Crippen LogP contribution in [-0.4, -0.2) is 101 Å². The summed E-state index contributed by atoms with van der Waals surface area (Å²) in [6.07, 6.45) is 0.120. The lowest BCUT2D eigenvalue weighted by Gasteiger charge is -2.54. The van der Waals surface area contributed by atoms with E-state index in [1.54, 1.807) is 26.8 Å². The number of carbonyl (C=O) groups is 4. The van der Waals surface area contributed by atoms with E-state index >= 15 is 0 Å². The number of carboxylic acids is 1. The van der Waals surface area contributed by atoms with Crippen molar-refractivity contribution >= 4 is 59.2 Å². The highest BCUT2D eigenvalue weighted by atomic mass is 32.2. The first-order valence-corrected chi connectivity index (χ1v) is 13.4. The molecule has 0 radical (unpaired) electrons. The molecule has 202 valence electrons. The summed E-state index contributed by atoms with van der Waals surface area (Å²) in [5.74, 6) is -1.74. The van der Waals surface area contributed by atoms with Crippen molar-refractivity contribution in [3.8, 4) is 0 Å². The van der Waals surface area contributed by atoms with Crippen LogP contribution < -0.4 is 10.6 Å². The number of aromatic nitrogens is 5. The van der Waals surface area contributed by atoms with Crippen LogP contribution in [0.5, 0.6) is 0 Å². The fourth-order valence-corrected chi connectivity index (χ4v) is 6.65. The van der Waals surface area contributed by atoms with E-state index in [4.69, 9.17) is 4.84 Å². The number of H-pyrrole nitrogens is 1. The van der Waals surface area contributed by atoms with E-state index in [1.165, 1.54) is 28.8 Å². The zero-order valence-electron chi connectivity index (χ0n) is 20.5. The zero-order chi connectivity index (χ0) is 27.4. The van der Waals surface area contributed by atoms with Crippen LogP contribution in [-0.2, 0) is 24.0 Å². The summed E-state index contributed by atoms with van der Waals surface area (Å²) in [5, 5.41) is 32.1. The number of aromatic amines is 1. The van der Waals surface area contributed by atoms with E-state index in [9.17, 15) is 24.3 Å². The highest BCUT2D eigenvalue weighted by Gasteiger charge is 2.59. The van der Waals surface area contributed by atoms with Gasteiger partial charge in [0.1, 0.15) is 34.4 Å². The molecular weight excluding hydrogens is 538 g/mol. The summed E-state index contributed by atoms with van der Waals surface area (Å²) in [7, 11) is 0. The van der Waals surface area contributed by atoms with Gasteiger partial charge in [-0.3, -0.25) is 19.2 Å². The lowest BCUT2D eigenvalue weighted by molar-refractivity contribution is -0.158. The van der Waals surface area contributed by atoms with Crippen LogP contribution >= 0.6 is 23.5 Å². The smallest absolute Gasteiger partial charge is 0.313 e. The number of thioether (sulfide) groups is 2. The van der Waals surface area contributed by atoms with E-state index in [-0.39, 0.29) is 35.6 Å². The number of oxime groups is 1. The van der Waals surface area contributed by atoms with Crippen molar-refractivity contribution in [1.82, 2.24) is 35.8 Å². The van der Waals surface area contributed by atoms with Crippen molar-refractivity contribution in [3.63, 3.8) is 0 Å². The van der Waals surface area contributed by atoms with Crippen LogP contribution in [0.4, 0.5) is 5.82 Å². The molecule has 17 heteroatoms. The van der Waals surface area contributed by atoms with Gasteiger partial charge < -0.3 is 25.5 Å². The van der Waals surface area contributed by atoms with Gasteiger partial charge in [0, 0.05) is 17.5 Å². The van der Waals surface area contributed by atoms with Crippen LogP contribution in [0, 0.1) is 5.41 Å². The molecule has 0 spiro atoms. The van der Waals surface area contributed by atoms with Crippen LogP contribution in [0.15, 0.2) is 28.5 Å². The minimum absolute atomic E-state index is 0.0321. The maximum atomic E-state index is 13.2. The Labute approximate surface area is 224 Å². The molecule has 38 heavy (non-hydrogen) atoms. The SMILES string of the molecule is CC(C)ON=C(C(=O)NC1C(=O)N2CC(C(=O)O)(C(C)Sc3nn[nH]n3)CS[C@H]12)c1cccc(NC=O)n1.